The van der Waals surface area contributed by atoms with Gasteiger partial charge in [0.1, 0.15) is 5.60 Å². The molecule has 1 aliphatic heterocycles. The molecular weight excluding hydrogens is 318 g/mol. The molecule has 3 rings (SSSR count). The van der Waals surface area contributed by atoms with Gasteiger partial charge in [-0.2, -0.15) is 5.10 Å². The molecule has 0 spiro atoms. The lowest BCUT2D eigenvalue weighted by Gasteiger charge is -2.23. The maximum Gasteiger partial charge on any atom is 0.315 e. The third-order valence-corrected chi connectivity index (χ3v) is 5.52. The lowest BCUT2D eigenvalue weighted by atomic mass is 10.00. The number of aliphatic hydroxyl groups is 1. The number of hydrogen-bond donors (Lipinski definition) is 3. The largest absolute Gasteiger partial charge is 0.383 e. The van der Waals surface area contributed by atoms with E-state index in [9.17, 15) is 9.90 Å². The van der Waals surface area contributed by atoms with Gasteiger partial charge in [-0.25, -0.2) is 4.79 Å². The Kier molecular flexibility index (Phi) is 5.64. The van der Waals surface area contributed by atoms with E-state index in [2.05, 4.69) is 20.6 Å². The van der Waals surface area contributed by atoms with Crippen molar-refractivity contribution in [1.29, 1.82) is 0 Å². The SMILES string of the molecule is Cn1cc([C@](C)(O)CNC(=O)N[C@H]2CCN(CC3CCCC3)C2)cn1. The van der Waals surface area contributed by atoms with Gasteiger partial charge >= 0.3 is 6.03 Å². The summed E-state index contributed by atoms with van der Waals surface area (Å²) in [5.41, 5.74) is -0.436. The number of likely N-dealkylation sites (tertiary alicyclic amines) is 1. The van der Waals surface area contributed by atoms with Crippen molar-refractivity contribution >= 4 is 6.03 Å². The summed E-state index contributed by atoms with van der Waals surface area (Å²) in [5, 5.41) is 20.4. The second-order valence-corrected chi connectivity index (χ2v) is 7.90. The Hall–Kier alpha value is -1.60. The van der Waals surface area contributed by atoms with E-state index >= 15 is 0 Å². The minimum absolute atomic E-state index is 0.156. The Bertz CT molecular complexity index is 580. The number of rotatable bonds is 6. The van der Waals surface area contributed by atoms with E-state index in [1.54, 1.807) is 31.0 Å². The lowest BCUT2D eigenvalue weighted by Crippen LogP contribution is -2.47. The highest BCUT2D eigenvalue weighted by Gasteiger charge is 2.28. The molecule has 0 unspecified atom stereocenters. The molecule has 2 heterocycles. The van der Waals surface area contributed by atoms with Crippen LogP contribution in [0.1, 0.15) is 44.6 Å². The van der Waals surface area contributed by atoms with Gasteiger partial charge in [0, 0.05) is 44.5 Å². The molecule has 7 nitrogen and oxygen atoms in total. The van der Waals surface area contributed by atoms with E-state index in [4.69, 9.17) is 0 Å². The number of nitrogens with zero attached hydrogens (tertiary/aromatic N) is 3. The molecule has 7 heteroatoms. The number of urea groups is 1. The molecule has 2 amide bonds. The van der Waals surface area contributed by atoms with Crippen LogP contribution in [0.2, 0.25) is 0 Å². The number of hydrogen-bond acceptors (Lipinski definition) is 4. The van der Waals surface area contributed by atoms with Crippen molar-refractivity contribution in [1.82, 2.24) is 25.3 Å². The van der Waals surface area contributed by atoms with Gasteiger partial charge in [-0.3, -0.25) is 4.68 Å². The predicted molar refractivity (Wildman–Crippen MR) is 96.1 cm³/mol. The molecule has 140 valence electrons. The van der Waals surface area contributed by atoms with Crippen molar-refractivity contribution in [3.05, 3.63) is 18.0 Å². The topological polar surface area (TPSA) is 82.4 Å². The third kappa shape index (κ3) is 4.95. The van der Waals surface area contributed by atoms with Crippen LogP contribution in [0.5, 0.6) is 0 Å². The van der Waals surface area contributed by atoms with Crippen molar-refractivity contribution in [3.8, 4) is 0 Å². The highest BCUT2D eigenvalue weighted by Crippen LogP contribution is 2.26. The Labute approximate surface area is 149 Å². The number of nitrogens with one attached hydrogen (secondary N) is 2. The summed E-state index contributed by atoms with van der Waals surface area (Å²) in [5.74, 6) is 0.849. The second kappa shape index (κ2) is 7.74. The smallest absolute Gasteiger partial charge is 0.315 e. The van der Waals surface area contributed by atoms with Gasteiger partial charge in [0.25, 0.3) is 0 Å². The molecule has 25 heavy (non-hydrogen) atoms. The molecule has 1 aromatic heterocycles. The highest BCUT2D eigenvalue weighted by atomic mass is 16.3. The van der Waals surface area contributed by atoms with E-state index in [-0.39, 0.29) is 18.6 Å². The molecule has 2 fully saturated rings. The van der Waals surface area contributed by atoms with E-state index < -0.39 is 5.60 Å². The van der Waals surface area contributed by atoms with E-state index in [0.29, 0.717) is 5.56 Å². The van der Waals surface area contributed by atoms with Crippen LogP contribution in [-0.2, 0) is 12.6 Å². The average molecular weight is 349 g/mol. The molecule has 1 aliphatic carbocycles. The van der Waals surface area contributed by atoms with Crippen molar-refractivity contribution in [2.75, 3.05) is 26.2 Å². The number of aromatic nitrogens is 2. The predicted octanol–water partition coefficient (Wildman–Crippen LogP) is 1.19. The maximum atomic E-state index is 12.2. The van der Waals surface area contributed by atoms with Crippen LogP contribution in [0, 0.1) is 5.92 Å². The van der Waals surface area contributed by atoms with Crippen molar-refractivity contribution in [3.63, 3.8) is 0 Å². The van der Waals surface area contributed by atoms with Crippen LogP contribution in [0.15, 0.2) is 12.4 Å². The zero-order valence-electron chi connectivity index (χ0n) is 15.4. The molecule has 0 bridgehead atoms. The van der Waals surface area contributed by atoms with Gasteiger partial charge < -0.3 is 20.6 Å². The van der Waals surface area contributed by atoms with Gasteiger partial charge in [-0.1, -0.05) is 12.8 Å². The first-order chi connectivity index (χ1) is 11.9. The lowest BCUT2D eigenvalue weighted by molar-refractivity contribution is 0.0592. The molecular formula is C18H31N5O2. The first-order valence-electron chi connectivity index (χ1n) is 9.40. The molecule has 0 radical (unpaired) electrons. The fourth-order valence-electron chi connectivity index (χ4n) is 3.96. The molecule has 1 aromatic rings. The first kappa shape index (κ1) is 18.2. The maximum absolute atomic E-state index is 12.2. The molecule has 2 aliphatic rings. The van der Waals surface area contributed by atoms with Crippen molar-refractivity contribution < 1.29 is 9.90 Å². The molecule has 2 atom stereocenters. The van der Waals surface area contributed by atoms with Crippen molar-refractivity contribution in [2.45, 2.75) is 50.7 Å². The van der Waals surface area contributed by atoms with Crippen LogP contribution in [0.25, 0.3) is 0 Å². The normalized spacial score (nSPS) is 24.4. The number of carbonyl (C=O) groups is 1. The fraction of sp³-hybridized carbons (Fsp3) is 0.778. The third-order valence-electron chi connectivity index (χ3n) is 5.52. The number of aryl methyl sites for hydroxylation is 1. The van der Waals surface area contributed by atoms with E-state index in [1.165, 1.54) is 32.2 Å². The van der Waals surface area contributed by atoms with Crippen LogP contribution < -0.4 is 10.6 Å². The quantitative estimate of drug-likeness (QED) is 0.720. The van der Waals surface area contributed by atoms with Gasteiger partial charge in [0.05, 0.1) is 12.7 Å². The summed E-state index contributed by atoms with van der Waals surface area (Å²) >= 11 is 0. The minimum Gasteiger partial charge on any atom is -0.383 e. The summed E-state index contributed by atoms with van der Waals surface area (Å²) in [6.07, 6.45) is 9.85. The van der Waals surface area contributed by atoms with E-state index in [1.807, 2.05) is 0 Å². The minimum atomic E-state index is -1.13. The van der Waals surface area contributed by atoms with Gasteiger partial charge in [0.2, 0.25) is 0 Å². The van der Waals surface area contributed by atoms with Crippen LogP contribution in [0.4, 0.5) is 4.79 Å². The van der Waals surface area contributed by atoms with Gasteiger partial charge in [-0.05, 0) is 32.1 Å². The Balaban J connectivity index is 1.39. The first-order valence-corrected chi connectivity index (χ1v) is 9.40. The van der Waals surface area contributed by atoms with Gasteiger partial charge in [0.15, 0.2) is 0 Å². The monoisotopic (exact) mass is 349 g/mol. The number of carbonyl (C=O) groups excluding carboxylic acids is 1. The zero-order chi connectivity index (χ0) is 17.9. The summed E-state index contributed by atoms with van der Waals surface area (Å²) < 4.78 is 1.64. The van der Waals surface area contributed by atoms with Crippen LogP contribution in [0.3, 0.4) is 0 Å². The van der Waals surface area contributed by atoms with Crippen molar-refractivity contribution in [2.24, 2.45) is 13.0 Å². The van der Waals surface area contributed by atoms with Gasteiger partial charge in [-0.15, -0.1) is 0 Å². The molecule has 1 saturated carbocycles. The molecule has 3 N–H and O–H groups in total. The Morgan fingerprint density at radius 3 is 2.84 bits per heavy atom. The standard InChI is InChI=1S/C18H31N5O2/c1-18(25,15-9-20-22(2)11-15)13-19-17(24)21-16-7-8-23(12-16)10-14-5-3-4-6-14/h9,11,14,16,25H,3-8,10,12-13H2,1-2H3,(H2,19,21,24)/t16-,18+/m0/s1. The second-order valence-electron chi connectivity index (χ2n) is 7.90. The summed E-state index contributed by atoms with van der Waals surface area (Å²) in [6.45, 7) is 5.01. The highest BCUT2D eigenvalue weighted by molar-refractivity contribution is 5.74. The summed E-state index contributed by atoms with van der Waals surface area (Å²) in [7, 11) is 1.80. The molecule has 0 aromatic carbocycles. The zero-order valence-corrected chi connectivity index (χ0v) is 15.4. The van der Waals surface area contributed by atoms with Crippen LogP contribution >= 0.6 is 0 Å². The fourth-order valence-corrected chi connectivity index (χ4v) is 3.96. The Morgan fingerprint density at radius 2 is 2.16 bits per heavy atom. The number of amides is 2. The van der Waals surface area contributed by atoms with E-state index in [0.717, 1.165) is 25.4 Å². The Morgan fingerprint density at radius 1 is 1.40 bits per heavy atom. The van der Waals surface area contributed by atoms with Crippen LogP contribution in [-0.4, -0.2) is 58.0 Å². The average Bonchev–Trinajstić information content (AvgIpc) is 3.29. The summed E-state index contributed by atoms with van der Waals surface area (Å²) in [4.78, 5) is 14.6. The summed E-state index contributed by atoms with van der Waals surface area (Å²) in [6, 6.07) is -0.0124. The molecule has 1 saturated heterocycles.